The molecule has 11 heavy (non-hydrogen) atoms. The van der Waals surface area contributed by atoms with Gasteiger partial charge in [-0.25, -0.2) is 0 Å². The van der Waals surface area contributed by atoms with Crippen LogP contribution in [0.5, 0.6) is 0 Å². The zero-order chi connectivity index (χ0) is 8.32. The highest BCUT2D eigenvalue weighted by molar-refractivity contribution is 8.09. The summed E-state index contributed by atoms with van der Waals surface area (Å²) in [7, 11) is 0.953. The van der Waals surface area contributed by atoms with Gasteiger partial charge in [0, 0.05) is 13.1 Å². The molecular weight excluding hydrogens is 194 g/mol. The van der Waals surface area contributed by atoms with Crippen molar-refractivity contribution in [3.05, 3.63) is 0 Å². The first-order valence-corrected chi connectivity index (χ1v) is 5.28. The van der Waals surface area contributed by atoms with E-state index in [0.717, 1.165) is 0 Å². The largest absolute Gasteiger partial charge is 0.379 e. The van der Waals surface area contributed by atoms with E-state index in [9.17, 15) is 8.42 Å². The van der Waals surface area contributed by atoms with Crippen LogP contribution in [0.2, 0.25) is 0 Å². The third-order valence-electron chi connectivity index (χ3n) is 1.16. The van der Waals surface area contributed by atoms with Crippen molar-refractivity contribution in [2.75, 3.05) is 26.3 Å². The molecule has 0 N–H and O–H groups in total. The normalized spacial score (nSPS) is 21.9. The monoisotopic (exact) mass is 201 g/mol. The summed E-state index contributed by atoms with van der Waals surface area (Å²) in [5, 5.41) is 1.26. The maximum atomic E-state index is 10.4. The van der Waals surface area contributed by atoms with Crippen LogP contribution in [0.25, 0.3) is 0 Å². The van der Waals surface area contributed by atoms with E-state index < -0.39 is 9.33 Å². The van der Waals surface area contributed by atoms with Crippen molar-refractivity contribution in [2.45, 2.75) is 0 Å². The van der Waals surface area contributed by atoms with Crippen molar-refractivity contribution in [3.8, 4) is 0 Å². The molecule has 66 valence electrons. The minimum atomic E-state index is -3.88. The zero-order valence-corrected chi connectivity index (χ0v) is 7.27. The number of hydrogen-bond donors (Lipinski definition) is 0. The summed E-state index contributed by atoms with van der Waals surface area (Å²) < 4.78 is 30.0. The lowest BCUT2D eigenvalue weighted by molar-refractivity contribution is -0.111. The molecule has 1 aliphatic heterocycles. The van der Waals surface area contributed by atoms with Gasteiger partial charge in [-0.1, -0.05) is 0 Å². The van der Waals surface area contributed by atoms with Gasteiger partial charge in [-0.2, -0.15) is 17.8 Å². The zero-order valence-electron chi connectivity index (χ0n) is 5.69. The molecule has 1 rings (SSSR count). The Hall–Kier alpha value is 0.120. The van der Waals surface area contributed by atoms with E-state index in [4.69, 9.17) is 15.4 Å². The van der Waals surface area contributed by atoms with Crippen LogP contribution in [0, 0.1) is 0 Å². The smallest absolute Gasteiger partial charge is 0.371 e. The van der Waals surface area contributed by atoms with Gasteiger partial charge in [0.1, 0.15) is 0 Å². The first-order valence-electron chi connectivity index (χ1n) is 3.05. The summed E-state index contributed by atoms with van der Waals surface area (Å²) in [5.74, 6) is 0. The average Bonchev–Trinajstić information content (AvgIpc) is 1.85. The molecule has 0 spiro atoms. The molecule has 0 aromatic heterocycles. The van der Waals surface area contributed by atoms with Crippen LogP contribution in [0.1, 0.15) is 0 Å². The van der Waals surface area contributed by atoms with Crippen LogP contribution in [0.3, 0.4) is 0 Å². The lowest BCUT2D eigenvalue weighted by Crippen LogP contribution is -2.36. The third kappa shape index (κ3) is 3.88. The Balaban J connectivity index is 2.36. The molecule has 5 nitrogen and oxygen atoms in total. The molecular formula is C4H8ClNO4S. The quantitative estimate of drug-likeness (QED) is 0.576. The Kier molecular flexibility index (Phi) is 3.08. The number of ether oxygens (including phenoxy) is 1. The van der Waals surface area contributed by atoms with Crippen LogP contribution in [-0.4, -0.2) is 39.8 Å². The second-order valence-electron chi connectivity index (χ2n) is 2.01. The lowest BCUT2D eigenvalue weighted by Gasteiger charge is -2.23. The van der Waals surface area contributed by atoms with Gasteiger partial charge in [0.25, 0.3) is 0 Å². The molecule has 0 bridgehead atoms. The van der Waals surface area contributed by atoms with Crippen LogP contribution < -0.4 is 0 Å². The number of morpholine rings is 1. The number of hydroxylamine groups is 2. The average molecular weight is 202 g/mol. The maximum Gasteiger partial charge on any atom is 0.371 e. The second-order valence-corrected chi connectivity index (χ2v) is 4.08. The van der Waals surface area contributed by atoms with Crippen molar-refractivity contribution >= 4 is 20.0 Å². The van der Waals surface area contributed by atoms with Gasteiger partial charge in [0.05, 0.1) is 23.9 Å². The van der Waals surface area contributed by atoms with Crippen molar-refractivity contribution in [1.82, 2.24) is 5.06 Å². The summed E-state index contributed by atoms with van der Waals surface area (Å²) in [6, 6.07) is 0. The highest BCUT2D eigenvalue weighted by Crippen LogP contribution is 2.05. The van der Waals surface area contributed by atoms with Crippen LogP contribution >= 0.6 is 10.7 Å². The lowest BCUT2D eigenvalue weighted by atomic mass is 10.5. The molecule has 0 aliphatic carbocycles. The van der Waals surface area contributed by atoms with Crippen LogP contribution in [0.4, 0.5) is 0 Å². The van der Waals surface area contributed by atoms with E-state index in [1.165, 1.54) is 5.06 Å². The van der Waals surface area contributed by atoms with E-state index in [0.29, 0.717) is 26.3 Å². The van der Waals surface area contributed by atoms with E-state index in [1.807, 2.05) is 0 Å². The van der Waals surface area contributed by atoms with Crippen molar-refractivity contribution in [3.63, 3.8) is 0 Å². The number of halogens is 1. The number of hydrogen-bond acceptors (Lipinski definition) is 5. The maximum absolute atomic E-state index is 10.4. The molecule has 1 aliphatic rings. The number of nitrogens with zero attached hydrogens (tertiary/aromatic N) is 1. The predicted molar refractivity (Wildman–Crippen MR) is 38.2 cm³/mol. The van der Waals surface area contributed by atoms with Crippen LogP contribution in [-0.2, 0) is 18.4 Å². The molecule has 0 aromatic carbocycles. The molecule has 0 aromatic rings. The summed E-state index contributed by atoms with van der Waals surface area (Å²) in [4.78, 5) is 0. The molecule has 7 heteroatoms. The van der Waals surface area contributed by atoms with Crippen molar-refractivity contribution in [1.29, 1.82) is 0 Å². The molecule has 0 amide bonds. The Morgan fingerprint density at radius 3 is 2.36 bits per heavy atom. The van der Waals surface area contributed by atoms with Crippen molar-refractivity contribution in [2.24, 2.45) is 0 Å². The molecule has 1 saturated heterocycles. The predicted octanol–water partition coefficient (Wildman–Crippen LogP) is -0.266. The molecule has 0 saturated carbocycles. The first-order chi connectivity index (χ1) is 5.08. The summed E-state index contributed by atoms with van der Waals surface area (Å²) in [6.45, 7) is 1.77. The number of rotatable bonds is 2. The van der Waals surface area contributed by atoms with E-state index >= 15 is 0 Å². The fourth-order valence-corrected chi connectivity index (χ4v) is 1.39. The van der Waals surface area contributed by atoms with E-state index in [2.05, 4.69) is 4.28 Å². The second kappa shape index (κ2) is 3.68. The van der Waals surface area contributed by atoms with E-state index in [1.54, 1.807) is 0 Å². The van der Waals surface area contributed by atoms with Gasteiger partial charge < -0.3 is 4.74 Å². The standard InChI is InChI=1S/C4H8ClNO4S/c5-11(7,8)10-6-1-3-9-4-2-6/h1-4H2. The minimum Gasteiger partial charge on any atom is -0.379 e. The highest BCUT2D eigenvalue weighted by atomic mass is 35.7. The van der Waals surface area contributed by atoms with Gasteiger partial charge in [0.2, 0.25) is 0 Å². The fraction of sp³-hybridized carbons (Fsp3) is 1.00. The van der Waals surface area contributed by atoms with Gasteiger partial charge in [-0.05, 0) is 0 Å². The van der Waals surface area contributed by atoms with Gasteiger partial charge in [-0.3, -0.25) is 0 Å². The fourth-order valence-electron chi connectivity index (χ4n) is 0.747. The Labute approximate surface area is 69.4 Å². The third-order valence-corrected chi connectivity index (χ3v) is 1.72. The summed E-state index contributed by atoms with van der Waals surface area (Å²) >= 11 is 0. The van der Waals surface area contributed by atoms with Crippen LogP contribution in [0.15, 0.2) is 0 Å². The minimum absolute atomic E-state index is 0.423. The molecule has 1 heterocycles. The summed E-state index contributed by atoms with van der Waals surface area (Å²) in [6.07, 6.45) is 0. The molecule has 0 unspecified atom stereocenters. The van der Waals surface area contributed by atoms with Crippen molar-refractivity contribution < 1.29 is 17.4 Å². The molecule has 0 atom stereocenters. The Bertz CT molecular complexity index is 210. The molecule has 0 radical (unpaired) electrons. The summed E-state index contributed by atoms with van der Waals surface area (Å²) in [5.41, 5.74) is 0. The van der Waals surface area contributed by atoms with Gasteiger partial charge in [0.15, 0.2) is 0 Å². The van der Waals surface area contributed by atoms with Gasteiger partial charge in [-0.15, -0.1) is 0 Å². The highest BCUT2D eigenvalue weighted by Gasteiger charge is 2.17. The SMILES string of the molecule is O=S(=O)(Cl)ON1CCOCC1. The van der Waals surface area contributed by atoms with E-state index in [-0.39, 0.29) is 0 Å². The van der Waals surface area contributed by atoms with Gasteiger partial charge >= 0.3 is 9.33 Å². The molecule has 1 fully saturated rings. The topological polar surface area (TPSA) is 55.8 Å². The Morgan fingerprint density at radius 1 is 1.36 bits per heavy atom. The first kappa shape index (κ1) is 9.21. The Morgan fingerprint density at radius 2 is 1.91 bits per heavy atom.